The van der Waals surface area contributed by atoms with Gasteiger partial charge in [-0.25, -0.2) is 4.39 Å². The number of benzene rings is 1. The molecule has 0 spiro atoms. The quantitative estimate of drug-likeness (QED) is 0.666. The molecule has 4 heteroatoms. The molecule has 1 fully saturated rings. The van der Waals surface area contributed by atoms with Crippen LogP contribution < -0.4 is 11.1 Å². The molecule has 82 valence electrons. The van der Waals surface area contributed by atoms with Crippen LogP contribution in [0.5, 0.6) is 0 Å². The Morgan fingerprint density at radius 2 is 2.20 bits per heavy atom. The van der Waals surface area contributed by atoms with Crippen molar-refractivity contribution in [1.29, 1.82) is 0 Å². The number of halogens is 1. The zero-order valence-electron chi connectivity index (χ0n) is 8.46. The molecule has 0 heterocycles. The predicted octanol–water partition coefficient (Wildman–Crippen LogP) is 1.73. The summed E-state index contributed by atoms with van der Waals surface area (Å²) in [5.74, 6) is -0.320. The van der Waals surface area contributed by atoms with E-state index in [2.05, 4.69) is 5.32 Å². The van der Waals surface area contributed by atoms with Gasteiger partial charge in [0.05, 0.1) is 23.5 Å². The Labute approximate surface area is 88.1 Å². The van der Waals surface area contributed by atoms with E-state index in [1.54, 1.807) is 0 Å². The van der Waals surface area contributed by atoms with Crippen molar-refractivity contribution in [2.45, 2.75) is 24.8 Å². The Kier molecular flexibility index (Phi) is 2.52. The van der Waals surface area contributed by atoms with Gasteiger partial charge in [-0.1, -0.05) is 0 Å². The van der Waals surface area contributed by atoms with Gasteiger partial charge in [0.25, 0.3) is 0 Å². The number of hydrogen-bond acceptors (Lipinski definition) is 3. The van der Waals surface area contributed by atoms with Gasteiger partial charge in [0.15, 0.2) is 0 Å². The highest BCUT2D eigenvalue weighted by atomic mass is 19.1. The van der Waals surface area contributed by atoms with Crippen LogP contribution in [0.3, 0.4) is 0 Å². The number of nitrogen functional groups attached to an aromatic ring is 1. The largest absolute Gasteiger partial charge is 0.397 e. The van der Waals surface area contributed by atoms with Gasteiger partial charge in [-0.15, -0.1) is 0 Å². The molecule has 0 aliphatic heterocycles. The first-order valence-electron chi connectivity index (χ1n) is 5.09. The first-order valence-corrected chi connectivity index (χ1v) is 5.09. The van der Waals surface area contributed by atoms with E-state index in [4.69, 9.17) is 5.73 Å². The summed E-state index contributed by atoms with van der Waals surface area (Å²) in [6, 6.07) is 4.22. The molecule has 1 aliphatic rings. The first kappa shape index (κ1) is 10.2. The van der Waals surface area contributed by atoms with E-state index in [0.29, 0.717) is 11.4 Å². The SMILES string of the molecule is Nc1ccc(F)cc1NC1(CO)CCC1. The molecule has 1 aliphatic carbocycles. The predicted molar refractivity (Wildman–Crippen MR) is 58.1 cm³/mol. The van der Waals surface area contributed by atoms with Gasteiger partial charge in [-0.05, 0) is 37.5 Å². The van der Waals surface area contributed by atoms with Crippen molar-refractivity contribution < 1.29 is 9.50 Å². The van der Waals surface area contributed by atoms with Gasteiger partial charge >= 0.3 is 0 Å². The lowest BCUT2D eigenvalue weighted by Crippen LogP contribution is -2.48. The zero-order chi connectivity index (χ0) is 10.9. The molecule has 2 rings (SSSR count). The van der Waals surface area contributed by atoms with Crippen molar-refractivity contribution in [3.05, 3.63) is 24.0 Å². The van der Waals surface area contributed by atoms with Crippen LogP contribution in [0.15, 0.2) is 18.2 Å². The Morgan fingerprint density at radius 1 is 1.47 bits per heavy atom. The van der Waals surface area contributed by atoms with E-state index in [1.807, 2.05) is 0 Å². The van der Waals surface area contributed by atoms with Crippen LogP contribution in [-0.2, 0) is 0 Å². The van der Waals surface area contributed by atoms with Crippen molar-refractivity contribution in [2.75, 3.05) is 17.7 Å². The van der Waals surface area contributed by atoms with Crippen molar-refractivity contribution in [1.82, 2.24) is 0 Å². The van der Waals surface area contributed by atoms with Crippen LogP contribution in [-0.4, -0.2) is 17.3 Å². The highest BCUT2D eigenvalue weighted by Crippen LogP contribution is 2.36. The summed E-state index contributed by atoms with van der Waals surface area (Å²) >= 11 is 0. The summed E-state index contributed by atoms with van der Waals surface area (Å²) in [4.78, 5) is 0. The first-order chi connectivity index (χ1) is 7.15. The summed E-state index contributed by atoms with van der Waals surface area (Å²) in [5, 5.41) is 12.4. The average molecular weight is 210 g/mol. The number of aliphatic hydroxyl groups is 1. The minimum atomic E-state index is -0.320. The monoisotopic (exact) mass is 210 g/mol. The van der Waals surface area contributed by atoms with Crippen LogP contribution in [0.4, 0.5) is 15.8 Å². The number of nitrogens with two attached hydrogens (primary N) is 1. The summed E-state index contributed by atoms with van der Waals surface area (Å²) in [5.41, 5.74) is 6.51. The normalized spacial score (nSPS) is 18.3. The second-order valence-electron chi connectivity index (χ2n) is 4.15. The molecule has 3 nitrogen and oxygen atoms in total. The molecule has 1 aromatic carbocycles. The topological polar surface area (TPSA) is 58.3 Å². The maximum atomic E-state index is 13.0. The molecule has 0 unspecified atom stereocenters. The molecule has 0 bridgehead atoms. The fraction of sp³-hybridized carbons (Fsp3) is 0.455. The van der Waals surface area contributed by atoms with Gasteiger partial charge in [-0.2, -0.15) is 0 Å². The molecule has 0 atom stereocenters. The number of hydrogen-bond donors (Lipinski definition) is 3. The van der Waals surface area contributed by atoms with Crippen LogP contribution in [0.25, 0.3) is 0 Å². The van der Waals surface area contributed by atoms with Crippen molar-refractivity contribution in [3.8, 4) is 0 Å². The molecule has 1 saturated carbocycles. The number of nitrogens with one attached hydrogen (secondary N) is 1. The number of aliphatic hydroxyl groups excluding tert-OH is 1. The Hall–Kier alpha value is -1.29. The summed E-state index contributed by atoms with van der Waals surface area (Å²) in [6.45, 7) is 0.0585. The minimum Gasteiger partial charge on any atom is -0.397 e. The number of anilines is 2. The standard InChI is InChI=1S/C11H15FN2O/c12-8-2-3-9(13)10(6-8)14-11(7-15)4-1-5-11/h2-3,6,14-15H,1,4-5,7,13H2. The summed E-state index contributed by atoms with van der Waals surface area (Å²) in [6.07, 6.45) is 2.89. The van der Waals surface area contributed by atoms with E-state index in [0.717, 1.165) is 19.3 Å². The van der Waals surface area contributed by atoms with E-state index in [-0.39, 0.29) is 18.0 Å². The van der Waals surface area contributed by atoms with Gasteiger partial charge in [0.1, 0.15) is 5.82 Å². The maximum absolute atomic E-state index is 13.0. The van der Waals surface area contributed by atoms with Gasteiger partial charge < -0.3 is 16.2 Å². The molecule has 1 aromatic rings. The van der Waals surface area contributed by atoms with E-state index in [9.17, 15) is 9.50 Å². The molecular weight excluding hydrogens is 195 g/mol. The minimum absolute atomic E-state index is 0.0585. The molecule has 0 radical (unpaired) electrons. The summed E-state index contributed by atoms with van der Waals surface area (Å²) < 4.78 is 13.0. The second-order valence-corrected chi connectivity index (χ2v) is 4.15. The molecule has 0 amide bonds. The number of rotatable bonds is 3. The molecule has 0 saturated heterocycles. The van der Waals surface area contributed by atoms with Crippen LogP contribution in [0, 0.1) is 5.82 Å². The zero-order valence-corrected chi connectivity index (χ0v) is 8.46. The van der Waals surface area contributed by atoms with Crippen LogP contribution >= 0.6 is 0 Å². The third-order valence-corrected chi connectivity index (χ3v) is 3.03. The molecule has 15 heavy (non-hydrogen) atoms. The lowest BCUT2D eigenvalue weighted by Gasteiger charge is -2.42. The Morgan fingerprint density at radius 3 is 2.73 bits per heavy atom. The fourth-order valence-electron chi connectivity index (χ4n) is 1.85. The second kappa shape index (κ2) is 3.70. The Bertz CT molecular complexity index is 358. The van der Waals surface area contributed by atoms with Crippen molar-refractivity contribution in [2.24, 2.45) is 0 Å². The molecule has 4 N–H and O–H groups in total. The molecular formula is C11H15FN2O. The van der Waals surface area contributed by atoms with Gasteiger partial charge in [-0.3, -0.25) is 0 Å². The molecule has 0 aromatic heterocycles. The smallest absolute Gasteiger partial charge is 0.125 e. The van der Waals surface area contributed by atoms with E-state index in [1.165, 1.54) is 18.2 Å². The van der Waals surface area contributed by atoms with Crippen LogP contribution in [0.1, 0.15) is 19.3 Å². The lowest BCUT2D eigenvalue weighted by atomic mass is 9.77. The van der Waals surface area contributed by atoms with E-state index < -0.39 is 0 Å². The third-order valence-electron chi connectivity index (χ3n) is 3.03. The van der Waals surface area contributed by atoms with Crippen LogP contribution in [0.2, 0.25) is 0 Å². The van der Waals surface area contributed by atoms with Gasteiger partial charge in [0, 0.05) is 0 Å². The average Bonchev–Trinajstić information content (AvgIpc) is 2.17. The maximum Gasteiger partial charge on any atom is 0.125 e. The van der Waals surface area contributed by atoms with Gasteiger partial charge in [0.2, 0.25) is 0 Å². The third kappa shape index (κ3) is 1.90. The fourth-order valence-corrected chi connectivity index (χ4v) is 1.85. The van der Waals surface area contributed by atoms with Crippen molar-refractivity contribution >= 4 is 11.4 Å². The lowest BCUT2D eigenvalue weighted by molar-refractivity contribution is 0.144. The van der Waals surface area contributed by atoms with E-state index >= 15 is 0 Å². The Balaban J connectivity index is 2.19. The highest BCUT2D eigenvalue weighted by molar-refractivity contribution is 5.67. The van der Waals surface area contributed by atoms with Crippen molar-refractivity contribution in [3.63, 3.8) is 0 Å². The summed E-state index contributed by atoms with van der Waals surface area (Å²) in [7, 11) is 0. The highest BCUT2D eigenvalue weighted by Gasteiger charge is 2.36.